The van der Waals surface area contributed by atoms with Crippen molar-refractivity contribution in [3.63, 3.8) is 0 Å². The number of hydrogen-bond donors (Lipinski definition) is 0. The van der Waals surface area contributed by atoms with Crippen molar-refractivity contribution in [3.05, 3.63) is 85.5 Å². The molecular formula is C22H14N8Pt. The third kappa shape index (κ3) is 4.24. The molecule has 4 heterocycles. The summed E-state index contributed by atoms with van der Waals surface area (Å²) >= 11 is 0. The van der Waals surface area contributed by atoms with Crippen molar-refractivity contribution in [1.29, 1.82) is 0 Å². The Hall–Kier alpha value is -3.77. The molecule has 8 nitrogen and oxygen atoms in total. The summed E-state index contributed by atoms with van der Waals surface area (Å²) in [5.74, 6) is 1.23. The fourth-order valence-corrected chi connectivity index (χ4v) is 3.01. The fraction of sp³-hybridized carbons (Fsp3) is 0. The van der Waals surface area contributed by atoms with Crippen LogP contribution in [0, 0.1) is 0 Å². The maximum atomic E-state index is 4.16. The van der Waals surface area contributed by atoms with Crippen LogP contribution in [0.25, 0.3) is 44.8 Å². The van der Waals surface area contributed by atoms with Gasteiger partial charge in [-0.3, -0.25) is 0 Å². The minimum absolute atomic E-state index is 0. The first-order chi connectivity index (χ1) is 14.9. The van der Waals surface area contributed by atoms with E-state index < -0.39 is 0 Å². The zero-order valence-corrected chi connectivity index (χ0v) is 18.2. The summed E-state index contributed by atoms with van der Waals surface area (Å²) in [5, 5.41) is 18.3. The van der Waals surface area contributed by atoms with Crippen molar-refractivity contribution in [3.8, 4) is 23.0 Å². The van der Waals surface area contributed by atoms with Gasteiger partial charge in [-0.25, -0.2) is 19.9 Å². The third-order valence-electron chi connectivity index (χ3n) is 4.39. The van der Waals surface area contributed by atoms with Gasteiger partial charge in [-0.05, 0) is 35.0 Å². The smallest absolute Gasteiger partial charge is 0.571 e. The summed E-state index contributed by atoms with van der Waals surface area (Å²) < 4.78 is 0. The number of hydrogen-bond acceptors (Lipinski definition) is 6. The summed E-state index contributed by atoms with van der Waals surface area (Å²) in [6.45, 7) is 0. The fourth-order valence-electron chi connectivity index (χ4n) is 3.01. The molecule has 152 valence electrons. The monoisotopic (exact) mass is 585 g/mol. The van der Waals surface area contributed by atoms with Gasteiger partial charge in [0.05, 0.1) is 0 Å². The van der Waals surface area contributed by atoms with Crippen molar-refractivity contribution >= 4 is 21.8 Å². The van der Waals surface area contributed by atoms with Crippen molar-refractivity contribution in [2.24, 2.45) is 0 Å². The SMILES string of the molecule is [Pt+2].c1cnc(-c2[n-]nc3ccccc23)nc1.c1cnc(-c2[n-]nc3ccccc23)nc1. The van der Waals surface area contributed by atoms with E-state index in [2.05, 4.69) is 40.3 Å². The molecule has 0 bridgehead atoms. The minimum atomic E-state index is 0. The molecule has 0 aliphatic rings. The number of rotatable bonds is 2. The molecule has 4 aromatic heterocycles. The van der Waals surface area contributed by atoms with Crippen LogP contribution in [0.1, 0.15) is 0 Å². The molecule has 0 radical (unpaired) electrons. The molecule has 6 aromatic rings. The predicted octanol–water partition coefficient (Wildman–Crippen LogP) is 3.30. The molecule has 0 unspecified atom stereocenters. The molecule has 0 spiro atoms. The molecule has 0 aliphatic heterocycles. The summed E-state index contributed by atoms with van der Waals surface area (Å²) in [7, 11) is 0. The Bertz CT molecular complexity index is 1290. The van der Waals surface area contributed by atoms with Crippen molar-refractivity contribution in [1.82, 2.24) is 40.3 Å². The topological polar surface area (TPSA) is 106 Å². The molecule has 0 saturated carbocycles. The Kier molecular flexibility index (Phi) is 6.19. The summed E-state index contributed by atoms with van der Waals surface area (Å²) in [6, 6.07) is 19.1. The van der Waals surface area contributed by atoms with Gasteiger partial charge in [0.25, 0.3) is 0 Å². The van der Waals surface area contributed by atoms with Crippen LogP contribution in [0.2, 0.25) is 0 Å². The van der Waals surface area contributed by atoms with Gasteiger partial charge in [0.1, 0.15) is 11.6 Å². The van der Waals surface area contributed by atoms with Gasteiger partial charge in [-0.15, -0.1) is 0 Å². The Labute approximate surface area is 191 Å². The molecule has 0 saturated heterocycles. The number of nitrogens with zero attached hydrogens (tertiary/aromatic N) is 8. The van der Waals surface area contributed by atoms with E-state index in [0.29, 0.717) is 11.6 Å². The molecule has 0 amide bonds. The van der Waals surface area contributed by atoms with Gasteiger partial charge in [0, 0.05) is 35.8 Å². The van der Waals surface area contributed by atoms with Gasteiger partial charge < -0.3 is 20.4 Å². The second-order valence-electron chi connectivity index (χ2n) is 6.28. The first-order valence-corrected chi connectivity index (χ1v) is 9.21. The van der Waals surface area contributed by atoms with Crippen LogP contribution in [-0.2, 0) is 21.1 Å². The zero-order chi connectivity index (χ0) is 20.2. The summed E-state index contributed by atoms with van der Waals surface area (Å²) in [4.78, 5) is 16.6. The van der Waals surface area contributed by atoms with E-state index in [0.717, 1.165) is 33.2 Å². The molecular weight excluding hydrogens is 571 g/mol. The zero-order valence-electron chi connectivity index (χ0n) is 16.0. The molecule has 31 heavy (non-hydrogen) atoms. The molecule has 0 fully saturated rings. The first kappa shape index (κ1) is 20.5. The molecule has 9 heteroatoms. The van der Waals surface area contributed by atoms with Crippen molar-refractivity contribution in [2.45, 2.75) is 0 Å². The number of benzene rings is 2. The standard InChI is InChI=1S/2C11H7N4.Pt/c2*1-2-5-9-8(4-1)10(15-14-9)11-12-6-3-7-13-11;/h2*1-7H;/q2*-1;+2. The van der Waals surface area contributed by atoms with E-state index in [1.807, 2.05) is 48.5 Å². The second-order valence-corrected chi connectivity index (χ2v) is 6.28. The third-order valence-corrected chi connectivity index (χ3v) is 4.39. The van der Waals surface area contributed by atoms with Crippen LogP contribution in [0.4, 0.5) is 0 Å². The Morgan fingerprint density at radius 3 is 1.29 bits per heavy atom. The predicted molar refractivity (Wildman–Crippen MR) is 112 cm³/mol. The maximum absolute atomic E-state index is 4.16. The van der Waals surface area contributed by atoms with Crippen molar-refractivity contribution < 1.29 is 21.1 Å². The maximum Gasteiger partial charge on any atom is 2.00 e. The molecule has 2 aromatic carbocycles. The molecule has 0 atom stereocenters. The van der Waals surface area contributed by atoms with Gasteiger partial charge in [0.15, 0.2) is 0 Å². The average Bonchev–Trinajstić information content (AvgIpc) is 3.45. The normalized spacial score (nSPS) is 10.3. The van der Waals surface area contributed by atoms with Gasteiger partial charge in [-0.2, -0.15) is 0 Å². The summed E-state index contributed by atoms with van der Waals surface area (Å²) in [6.07, 6.45) is 6.80. The quantitative estimate of drug-likeness (QED) is 0.305. The number of aromatic nitrogens is 8. The van der Waals surface area contributed by atoms with Crippen LogP contribution in [0.5, 0.6) is 0 Å². The average molecular weight is 585 g/mol. The van der Waals surface area contributed by atoms with E-state index in [9.17, 15) is 0 Å². The van der Waals surface area contributed by atoms with Gasteiger partial charge in [0.2, 0.25) is 0 Å². The molecule has 6 rings (SSSR count). The van der Waals surface area contributed by atoms with Crippen LogP contribution in [0.15, 0.2) is 85.5 Å². The van der Waals surface area contributed by atoms with E-state index >= 15 is 0 Å². The van der Waals surface area contributed by atoms with Crippen LogP contribution < -0.4 is 10.2 Å². The molecule has 0 N–H and O–H groups in total. The number of fused-ring (bicyclic) bond motifs is 2. The van der Waals surface area contributed by atoms with E-state index in [4.69, 9.17) is 0 Å². The van der Waals surface area contributed by atoms with E-state index in [1.165, 1.54) is 0 Å². The van der Waals surface area contributed by atoms with Crippen LogP contribution in [-0.4, -0.2) is 30.1 Å². The minimum Gasteiger partial charge on any atom is -0.571 e. The van der Waals surface area contributed by atoms with E-state index in [-0.39, 0.29) is 21.1 Å². The largest absolute Gasteiger partial charge is 2.00 e. The summed E-state index contributed by atoms with van der Waals surface area (Å²) in [5.41, 5.74) is 3.23. The van der Waals surface area contributed by atoms with Gasteiger partial charge in [-0.1, -0.05) is 47.8 Å². The molecule has 0 aliphatic carbocycles. The second kappa shape index (κ2) is 9.36. The van der Waals surface area contributed by atoms with Crippen molar-refractivity contribution in [2.75, 3.05) is 0 Å². The van der Waals surface area contributed by atoms with Crippen LogP contribution >= 0.6 is 0 Å². The van der Waals surface area contributed by atoms with Crippen LogP contribution in [0.3, 0.4) is 0 Å². The Balaban J connectivity index is 0.000000144. The van der Waals surface area contributed by atoms with E-state index in [1.54, 1.807) is 36.9 Å². The first-order valence-electron chi connectivity index (χ1n) is 9.21. The van der Waals surface area contributed by atoms with Gasteiger partial charge >= 0.3 is 21.1 Å². The Morgan fingerprint density at radius 2 is 0.871 bits per heavy atom. The Morgan fingerprint density at radius 1 is 0.484 bits per heavy atom.